The summed E-state index contributed by atoms with van der Waals surface area (Å²) < 4.78 is 74.0. The Morgan fingerprint density at radius 3 is 2.38 bits per heavy atom. The van der Waals surface area contributed by atoms with Gasteiger partial charge in [-0.05, 0) is 43.7 Å². The van der Waals surface area contributed by atoms with Crippen LogP contribution < -0.4 is 8.92 Å². The molecule has 0 aliphatic rings. The Hall–Kier alpha value is -2.73. The molecule has 5 nitrogen and oxygen atoms in total. The van der Waals surface area contributed by atoms with Crippen molar-refractivity contribution in [2.24, 2.45) is 0 Å². The highest BCUT2D eigenvalue weighted by molar-refractivity contribution is 7.87. The zero-order valence-corrected chi connectivity index (χ0v) is 14.6. The zero-order chi connectivity index (χ0) is 19.5. The number of alkyl halides is 3. The van der Waals surface area contributed by atoms with E-state index in [2.05, 4.69) is 0 Å². The number of hydrogen-bond acceptors (Lipinski definition) is 5. The molecule has 0 saturated heterocycles. The molecule has 26 heavy (non-hydrogen) atoms. The van der Waals surface area contributed by atoms with Gasteiger partial charge in [0.15, 0.2) is 11.5 Å². The molecule has 2 aromatic rings. The number of hydrogen-bond donors (Lipinski definition) is 0. The van der Waals surface area contributed by atoms with Crippen molar-refractivity contribution in [3.8, 4) is 17.6 Å². The smallest absolute Gasteiger partial charge is 0.416 e. The van der Waals surface area contributed by atoms with Crippen molar-refractivity contribution >= 4 is 10.1 Å². The molecule has 0 atom stereocenters. The van der Waals surface area contributed by atoms with Crippen LogP contribution in [0, 0.1) is 18.3 Å². The molecule has 0 spiro atoms. The molecule has 0 unspecified atom stereocenters. The lowest BCUT2D eigenvalue weighted by molar-refractivity contribution is -0.138. The van der Waals surface area contributed by atoms with Crippen molar-refractivity contribution in [2.45, 2.75) is 24.9 Å². The van der Waals surface area contributed by atoms with Crippen LogP contribution in [0.3, 0.4) is 0 Å². The number of rotatable bonds is 5. The van der Waals surface area contributed by atoms with Gasteiger partial charge in [0.2, 0.25) is 0 Å². The van der Waals surface area contributed by atoms with Crippen LogP contribution in [0.5, 0.6) is 11.5 Å². The first-order valence-electron chi connectivity index (χ1n) is 7.37. The van der Waals surface area contributed by atoms with Gasteiger partial charge < -0.3 is 8.92 Å². The van der Waals surface area contributed by atoms with Crippen LogP contribution in [-0.4, -0.2) is 15.0 Å². The summed E-state index contributed by atoms with van der Waals surface area (Å²) in [4.78, 5) is -0.637. The topological polar surface area (TPSA) is 76.4 Å². The molecule has 0 N–H and O–H groups in total. The van der Waals surface area contributed by atoms with Gasteiger partial charge in [-0.2, -0.15) is 26.9 Å². The van der Waals surface area contributed by atoms with E-state index in [0.717, 1.165) is 12.1 Å². The second-order valence-electron chi connectivity index (χ2n) is 5.22. The number of nitriles is 1. The second kappa shape index (κ2) is 7.25. The molecule has 0 aromatic heterocycles. The second-order valence-corrected chi connectivity index (χ2v) is 6.76. The number of nitrogens with zero attached hydrogens (tertiary/aromatic N) is 1. The molecule has 9 heteroatoms. The average Bonchev–Trinajstić information content (AvgIpc) is 2.55. The zero-order valence-electron chi connectivity index (χ0n) is 13.8. The SMILES string of the molecule is CCOc1cc(C#N)ccc1OS(=O)(=O)c1ccc(C)c(C(F)(F)F)c1. The number of ether oxygens (including phenoxy) is 1. The molecule has 138 valence electrons. The van der Waals surface area contributed by atoms with Gasteiger partial charge in [-0.3, -0.25) is 0 Å². The van der Waals surface area contributed by atoms with Crippen molar-refractivity contribution in [3.63, 3.8) is 0 Å². The highest BCUT2D eigenvalue weighted by Crippen LogP contribution is 2.35. The summed E-state index contributed by atoms with van der Waals surface area (Å²) in [5.41, 5.74) is -0.954. The molecule has 2 rings (SSSR count). The summed E-state index contributed by atoms with van der Waals surface area (Å²) >= 11 is 0. The first-order valence-corrected chi connectivity index (χ1v) is 8.78. The summed E-state index contributed by atoms with van der Waals surface area (Å²) in [7, 11) is -4.54. The van der Waals surface area contributed by atoms with Crippen molar-refractivity contribution in [1.29, 1.82) is 5.26 Å². The summed E-state index contributed by atoms with van der Waals surface area (Å²) in [6.45, 7) is 3.05. The average molecular weight is 385 g/mol. The van der Waals surface area contributed by atoms with Crippen LogP contribution in [0.25, 0.3) is 0 Å². The fraction of sp³-hybridized carbons (Fsp3) is 0.235. The van der Waals surface area contributed by atoms with Crippen molar-refractivity contribution in [1.82, 2.24) is 0 Å². The van der Waals surface area contributed by atoms with E-state index in [1.807, 2.05) is 6.07 Å². The summed E-state index contributed by atoms with van der Waals surface area (Å²) in [5.74, 6) is -0.224. The van der Waals surface area contributed by atoms with Crippen molar-refractivity contribution < 1.29 is 30.5 Å². The maximum Gasteiger partial charge on any atom is 0.416 e. The van der Waals surface area contributed by atoms with Crippen LogP contribution in [0.4, 0.5) is 13.2 Å². The van der Waals surface area contributed by atoms with Crippen LogP contribution in [0.1, 0.15) is 23.6 Å². The Morgan fingerprint density at radius 2 is 1.81 bits per heavy atom. The molecule has 2 aromatic carbocycles. The molecule has 0 fully saturated rings. The predicted octanol–water partition coefficient (Wildman–Crippen LogP) is 4.05. The van der Waals surface area contributed by atoms with Crippen LogP contribution in [-0.2, 0) is 16.3 Å². The van der Waals surface area contributed by atoms with Crippen LogP contribution in [0.2, 0.25) is 0 Å². The van der Waals surface area contributed by atoms with E-state index in [4.69, 9.17) is 14.2 Å². The molecule has 0 amide bonds. The molecule has 0 radical (unpaired) electrons. The molecule has 0 aliphatic carbocycles. The normalized spacial score (nSPS) is 11.7. The Balaban J connectivity index is 2.46. The Morgan fingerprint density at radius 1 is 1.12 bits per heavy atom. The molecular formula is C17H14F3NO4S. The Bertz CT molecular complexity index is 963. The number of aryl methyl sites for hydroxylation is 1. The van der Waals surface area contributed by atoms with Crippen LogP contribution in [0.15, 0.2) is 41.3 Å². The molecule has 0 aliphatic heterocycles. The fourth-order valence-electron chi connectivity index (χ4n) is 2.14. The van der Waals surface area contributed by atoms with Gasteiger partial charge in [0.05, 0.1) is 23.8 Å². The molecular weight excluding hydrogens is 371 g/mol. The third-order valence-corrected chi connectivity index (χ3v) is 4.61. The maximum atomic E-state index is 13.0. The molecule has 0 saturated carbocycles. The summed E-state index contributed by atoms with van der Waals surface area (Å²) in [5, 5.41) is 8.89. The van der Waals surface area contributed by atoms with E-state index in [0.29, 0.717) is 6.07 Å². The molecule has 0 heterocycles. The van der Waals surface area contributed by atoms with E-state index in [1.54, 1.807) is 6.92 Å². The third-order valence-electron chi connectivity index (χ3n) is 3.38. The van der Waals surface area contributed by atoms with Gasteiger partial charge in [-0.1, -0.05) is 6.07 Å². The van der Waals surface area contributed by atoms with Crippen molar-refractivity contribution in [2.75, 3.05) is 6.61 Å². The summed E-state index contributed by atoms with van der Waals surface area (Å²) in [6, 6.07) is 8.28. The standard InChI is InChI=1S/C17H14F3NO4S/c1-3-24-16-8-12(10-21)5-7-15(16)25-26(22,23)13-6-4-11(2)14(9-13)17(18,19)20/h4-9H,3H2,1-2H3. The van der Waals surface area contributed by atoms with E-state index in [9.17, 15) is 21.6 Å². The van der Waals surface area contributed by atoms with Gasteiger partial charge in [0, 0.05) is 6.07 Å². The minimum atomic E-state index is -4.69. The Kier molecular flexibility index (Phi) is 5.47. The van der Waals surface area contributed by atoms with Gasteiger partial charge in [0.1, 0.15) is 4.90 Å². The quantitative estimate of drug-likeness (QED) is 0.726. The monoisotopic (exact) mass is 385 g/mol. The van der Waals surface area contributed by atoms with Gasteiger partial charge in [-0.25, -0.2) is 0 Å². The van der Waals surface area contributed by atoms with E-state index in [-0.39, 0.29) is 29.2 Å². The Labute approximate surface area is 148 Å². The summed E-state index contributed by atoms with van der Waals surface area (Å²) in [6.07, 6.45) is -4.69. The first kappa shape index (κ1) is 19.6. The lowest BCUT2D eigenvalue weighted by atomic mass is 10.1. The van der Waals surface area contributed by atoms with Gasteiger partial charge in [0.25, 0.3) is 0 Å². The van der Waals surface area contributed by atoms with E-state index >= 15 is 0 Å². The largest absolute Gasteiger partial charge is 0.490 e. The highest BCUT2D eigenvalue weighted by atomic mass is 32.2. The predicted molar refractivity (Wildman–Crippen MR) is 86.3 cm³/mol. The minimum Gasteiger partial charge on any atom is -0.490 e. The lowest BCUT2D eigenvalue weighted by Gasteiger charge is -2.14. The minimum absolute atomic E-state index is 0.00159. The fourth-order valence-corrected chi connectivity index (χ4v) is 3.11. The van der Waals surface area contributed by atoms with E-state index < -0.39 is 26.8 Å². The number of benzene rings is 2. The van der Waals surface area contributed by atoms with E-state index in [1.165, 1.54) is 25.1 Å². The van der Waals surface area contributed by atoms with Gasteiger partial charge in [-0.15, -0.1) is 0 Å². The molecule has 0 bridgehead atoms. The lowest BCUT2D eigenvalue weighted by Crippen LogP contribution is -2.14. The maximum absolute atomic E-state index is 13.0. The third kappa shape index (κ3) is 4.26. The highest BCUT2D eigenvalue weighted by Gasteiger charge is 2.34. The number of halogens is 3. The van der Waals surface area contributed by atoms with Gasteiger partial charge >= 0.3 is 16.3 Å². The van der Waals surface area contributed by atoms with Crippen LogP contribution >= 0.6 is 0 Å². The first-order chi connectivity index (χ1) is 12.1. The van der Waals surface area contributed by atoms with Crippen molar-refractivity contribution in [3.05, 3.63) is 53.1 Å².